The predicted octanol–water partition coefficient (Wildman–Crippen LogP) is 2.90. The van der Waals surface area contributed by atoms with Crippen molar-refractivity contribution < 1.29 is 5.11 Å². The molecule has 0 aliphatic carbocycles. The number of phenolic OH excluding ortho intramolecular Hbond substituents is 1. The van der Waals surface area contributed by atoms with Gasteiger partial charge in [-0.1, -0.05) is 13.0 Å². The van der Waals surface area contributed by atoms with Crippen LogP contribution in [0.15, 0.2) is 18.2 Å². The molecule has 1 nitrogen and oxygen atoms in total. The molecular formula is C13H16O. The van der Waals surface area contributed by atoms with Crippen LogP contribution in [0, 0.1) is 24.7 Å². The molecule has 0 saturated heterocycles. The quantitative estimate of drug-likeness (QED) is 0.707. The Morgan fingerprint density at radius 2 is 2.14 bits per heavy atom. The van der Waals surface area contributed by atoms with Crippen LogP contribution in [-0.4, -0.2) is 5.11 Å². The van der Waals surface area contributed by atoms with Crippen molar-refractivity contribution in [1.82, 2.24) is 0 Å². The second-order valence-electron chi connectivity index (χ2n) is 3.61. The van der Waals surface area contributed by atoms with Gasteiger partial charge in [-0.15, -0.1) is 11.8 Å². The zero-order valence-electron chi connectivity index (χ0n) is 8.96. The van der Waals surface area contributed by atoms with Gasteiger partial charge < -0.3 is 5.11 Å². The summed E-state index contributed by atoms with van der Waals surface area (Å²) in [5.74, 6) is 6.75. The van der Waals surface area contributed by atoms with Crippen LogP contribution in [-0.2, 0) is 6.42 Å². The predicted molar refractivity (Wildman–Crippen MR) is 59.2 cm³/mol. The monoisotopic (exact) mass is 188 g/mol. The van der Waals surface area contributed by atoms with E-state index in [9.17, 15) is 5.11 Å². The smallest absolute Gasteiger partial charge is 0.115 e. The van der Waals surface area contributed by atoms with E-state index in [1.54, 1.807) is 12.1 Å². The van der Waals surface area contributed by atoms with E-state index in [-0.39, 0.29) is 0 Å². The second kappa shape index (κ2) is 4.72. The first-order valence-corrected chi connectivity index (χ1v) is 4.84. The fourth-order valence-electron chi connectivity index (χ4n) is 1.54. The molecule has 0 spiro atoms. The average molecular weight is 188 g/mol. The van der Waals surface area contributed by atoms with E-state index >= 15 is 0 Å². The van der Waals surface area contributed by atoms with E-state index in [1.165, 1.54) is 5.56 Å². The molecule has 1 rings (SSSR count). The lowest BCUT2D eigenvalue weighted by Crippen LogP contribution is -1.98. The summed E-state index contributed by atoms with van der Waals surface area (Å²) >= 11 is 0. The fraction of sp³-hybridized carbons (Fsp3) is 0.385. The molecule has 0 aliphatic rings. The molecule has 1 aromatic rings. The van der Waals surface area contributed by atoms with Gasteiger partial charge in [0.1, 0.15) is 5.75 Å². The van der Waals surface area contributed by atoms with Crippen LogP contribution in [0.4, 0.5) is 0 Å². The number of rotatable bonds is 2. The number of benzene rings is 1. The van der Waals surface area contributed by atoms with E-state index < -0.39 is 0 Å². The Morgan fingerprint density at radius 1 is 1.43 bits per heavy atom. The first kappa shape index (κ1) is 10.7. The Kier molecular flexibility index (Phi) is 3.59. The molecule has 0 fully saturated rings. The van der Waals surface area contributed by atoms with E-state index in [0.717, 1.165) is 12.0 Å². The minimum atomic E-state index is 0.334. The van der Waals surface area contributed by atoms with Gasteiger partial charge in [0.15, 0.2) is 0 Å². The summed E-state index contributed by atoms with van der Waals surface area (Å²) < 4.78 is 0. The van der Waals surface area contributed by atoms with Crippen LogP contribution in [0.25, 0.3) is 0 Å². The molecule has 0 bridgehead atoms. The van der Waals surface area contributed by atoms with Gasteiger partial charge >= 0.3 is 0 Å². The van der Waals surface area contributed by atoms with Gasteiger partial charge in [0, 0.05) is 5.92 Å². The molecule has 0 aromatic heterocycles. The van der Waals surface area contributed by atoms with Gasteiger partial charge in [-0.25, -0.2) is 0 Å². The van der Waals surface area contributed by atoms with Gasteiger partial charge in [0.25, 0.3) is 0 Å². The van der Waals surface area contributed by atoms with Crippen molar-refractivity contribution >= 4 is 0 Å². The summed E-state index contributed by atoms with van der Waals surface area (Å²) in [6.45, 7) is 5.99. The summed E-state index contributed by atoms with van der Waals surface area (Å²) in [4.78, 5) is 0. The highest BCUT2D eigenvalue weighted by Crippen LogP contribution is 2.18. The van der Waals surface area contributed by atoms with E-state index in [1.807, 2.05) is 19.9 Å². The van der Waals surface area contributed by atoms with E-state index in [4.69, 9.17) is 0 Å². The largest absolute Gasteiger partial charge is 0.508 e. The minimum absolute atomic E-state index is 0.334. The maximum Gasteiger partial charge on any atom is 0.115 e. The number of aromatic hydroxyl groups is 1. The first-order chi connectivity index (χ1) is 6.63. The molecule has 0 amide bonds. The Bertz CT molecular complexity index is 369. The maximum atomic E-state index is 9.25. The highest BCUT2D eigenvalue weighted by molar-refractivity contribution is 5.34. The van der Waals surface area contributed by atoms with Crippen LogP contribution in [0.5, 0.6) is 5.75 Å². The Hall–Kier alpha value is -1.42. The van der Waals surface area contributed by atoms with Crippen molar-refractivity contribution in [3.05, 3.63) is 29.3 Å². The number of aryl methyl sites for hydroxylation is 1. The normalized spacial score (nSPS) is 11.6. The van der Waals surface area contributed by atoms with Crippen LogP contribution in [0.3, 0.4) is 0 Å². The molecule has 1 aromatic carbocycles. The summed E-state index contributed by atoms with van der Waals surface area (Å²) in [6, 6.07) is 5.49. The Balaban J connectivity index is 2.80. The number of hydrogen-bond acceptors (Lipinski definition) is 1. The molecule has 1 heteroatoms. The zero-order valence-corrected chi connectivity index (χ0v) is 8.96. The van der Waals surface area contributed by atoms with Crippen molar-refractivity contribution in [3.63, 3.8) is 0 Å². The third kappa shape index (κ3) is 2.81. The molecule has 1 unspecified atom stereocenters. The van der Waals surface area contributed by atoms with Crippen molar-refractivity contribution in [3.8, 4) is 17.6 Å². The highest BCUT2D eigenvalue weighted by Gasteiger charge is 2.03. The van der Waals surface area contributed by atoms with E-state index in [2.05, 4.69) is 18.8 Å². The SMILES string of the molecule is CC#CC(C)Cc1ccc(O)cc1C. The molecule has 0 radical (unpaired) electrons. The molecule has 1 N–H and O–H groups in total. The summed E-state index contributed by atoms with van der Waals surface area (Å²) in [7, 11) is 0. The Labute approximate surface area is 85.8 Å². The van der Waals surface area contributed by atoms with Crippen LogP contribution in [0.2, 0.25) is 0 Å². The zero-order chi connectivity index (χ0) is 10.6. The summed E-state index contributed by atoms with van der Waals surface area (Å²) in [5.41, 5.74) is 2.40. The van der Waals surface area contributed by atoms with Gasteiger partial charge in [0.2, 0.25) is 0 Å². The van der Waals surface area contributed by atoms with Crippen molar-refractivity contribution in [2.45, 2.75) is 27.2 Å². The van der Waals surface area contributed by atoms with Crippen molar-refractivity contribution in [1.29, 1.82) is 0 Å². The van der Waals surface area contributed by atoms with Crippen molar-refractivity contribution in [2.75, 3.05) is 0 Å². The van der Waals surface area contributed by atoms with Gasteiger partial charge in [-0.2, -0.15) is 0 Å². The second-order valence-corrected chi connectivity index (χ2v) is 3.61. The van der Waals surface area contributed by atoms with Crippen LogP contribution < -0.4 is 0 Å². The lowest BCUT2D eigenvalue weighted by atomic mass is 9.98. The molecule has 0 heterocycles. The molecule has 14 heavy (non-hydrogen) atoms. The summed E-state index contributed by atoms with van der Waals surface area (Å²) in [5, 5.41) is 9.25. The third-order valence-electron chi connectivity index (χ3n) is 2.24. The Morgan fingerprint density at radius 3 is 2.71 bits per heavy atom. The molecule has 1 atom stereocenters. The van der Waals surface area contributed by atoms with Crippen LogP contribution >= 0.6 is 0 Å². The highest BCUT2D eigenvalue weighted by atomic mass is 16.3. The average Bonchev–Trinajstić information content (AvgIpc) is 2.10. The molecule has 0 aliphatic heterocycles. The topological polar surface area (TPSA) is 20.2 Å². The standard InChI is InChI=1S/C13H16O/c1-4-5-10(2)8-12-6-7-13(14)9-11(12)3/h6-7,9-10,14H,8H2,1-3H3. The van der Waals surface area contributed by atoms with E-state index in [0.29, 0.717) is 11.7 Å². The van der Waals surface area contributed by atoms with Gasteiger partial charge in [0.05, 0.1) is 0 Å². The summed E-state index contributed by atoms with van der Waals surface area (Å²) in [6.07, 6.45) is 0.951. The lowest BCUT2D eigenvalue weighted by Gasteiger charge is -2.08. The molecular weight excluding hydrogens is 172 g/mol. The van der Waals surface area contributed by atoms with Gasteiger partial charge in [-0.05, 0) is 43.5 Å². The first-order valence-electron chi connectivity index (χ1n) is 4.84. The number of hydrogen-bond donors (Lipinski definition) is 1. The van der Waals surface area contributed by atoms with Gasteiger partial charge in [-0.3, -0.25) is 0 Å². The fourth-order valence-corrected chi connectivity index (χ4v) is 1.54. The number of phenols is 1. The molecule has 0 saturated carbocycles. The third-order valence-corrected chi connectivity index (χ3v) is 2.24. The van der Waals surface area contributed by atoms with Crippen LogP contribution in [0.1, 0.15) is 25.0 Å². The van der Waals surface area contributed by atoms with Crippen molar-refractivity contribution in [2.24, 2.45) is 5.92 Å². The minimum Gasteiger partial charge on any atom is -0.508 e. The lowest BCUT2D eigenvalue weighted by molar-refractivity contribution is 0.474. The maximum absolute atomic E-state index is 9.25. The molecule has 74 valence electrons.